The van der Waals surface area contributed by atoms with Gasteiger partial charge in [-0.1, -0.05) is 18.2 Å². The van der Waals surface area contributed by atoms with E-state index in [4.69, 9.17) is 10.5 Å². The van der Waals surface area contributed by atoms with Crippen molar-refractivity contribution in [1.82, 2.24) is 9.97 Å². The Labute approximate surface area is 106 Å². The zero-order chi connectivity index (χ0) is 13.6. The van der Waals surface area contributed by atoms with E-state index in [2.05, 4.69) is 9.97 Å². The number of nitrogen functional groups attached to an aromatic ring is 1. The van der Waals surface area contributed by atoms with Crippen molar-refractivity contribution < 1.29 is 9.53 Å². The second-order valence-electron chi connectivity index (χ2n) is 4.11. The quantitative estimate of drug-likeness (QED) is 0.618. The van der Waals surface area contributed by atoms with E-state index >= 15 is 0 Å². The van der Waals surface area contributed by atoms with Crippen LogP contribution in [0.5, 0.6) is 0 Å². The van der Waals surface area contributed by atoms with Crippen LogP contribution in [0.2, 0.25) is 0 Å². The molecular formula is C12H9N3O4. The number of ether oxygens (including phenoxy) is 1. The first kappa shape index (κ1) is 11.3. The zero-order valence-corrected chi connectivity index (χ0v) is 9.60. The van der Waals surface area contributed by atoms with Gasteiger partial charge in [0.2, 0.25) is 0 Å². The van der Waals surface area contributed by atoms with Crippen LogP contribution in [0.15, 0.2) is 33.9 Å². The Morgan fingerprint density at radius 1 is 1.11 bits per heavy atom. The smallest absolute Gasteiger partial charge is 0.339 e. The van der Waals surface area contributed by atoms with Gasteiger partial charge < -0.3 is 10.5 Å². The Morgan fingerprint density at radius 2 is 1.84 bits per heavy atom. The van der Waals surface area contributed by atoms with E-state index in [1.165, 1.54) is 0 Å². The summed E-state index contributed by atoms with van der Waals surface area (Å²) in [5.74, 6) is -0.631. The highest BCUT2D eigenvalue weighted by atomic mass is 16.5. The first-order valence-corrected chi connectivity index (χ1v) is 5.50. The average Bonchev–Trinajstić information content (AvgIpc) is 2.67. The van der Waals surface area contributed by atoms with Gasteiger partial charge in [-0.3, -0.25) is 14.8 Å². The Hall–Kier alpha value is -2.83. The van der Waals surface area contributed by atoms with Gasteiger partial charge in [-0.2, -0.15) is 0 Å². The summed E-state index contributed by atoms with van der Waals surface area (Å²) in [6.07, 6.45) is -0.899. The molecule has 1 atom stereocenters. The normalized spacial score (nSPS) is 17.1. The molecule has 7 heteroatoms. The molecule has 1 aliphatic rings. The molecule has 0 unspecified atom stereocenters. The maximum Gasteiger partial charge on any atom is 0.339 e. The number of benzene rings is 1. The van der Waals surface area contributed by atoms with Crippen LogP contribution in [0.1, 0.15) is 27.6 Å². The van der Waals surface area contributed by atoms with Gasteiger partial charge >= 0.3 is 11.7 Å². The van der Waals surface area contributed by atoms with Crippen LogP contribution in [0.4, 0.5) is 5.82 Å². The van der Waals surface area contributed by atoms with Crippen LogP contribution in [-0.2, 0) is 4.74 Å². The lowest BCUT2D eigenvalue weighted by atomic mass is 10.0. The van der Waals surface area contributed by atoms with Gasteiger partial charge in [0.15, 0.2) is 6.10 Å². The fraction of sp³-hybridized carbons (Fsp3) is 0.0833. The number of carbonyl (C=O) groups is 1. The SMILES string of the molecule is Nc1[nH]c(=O)[nH]c(=O)c1[C@H]1OC(=O)c2ccccc21. The first-order chi connectivity index (χ1) is 9.08. The maximum absolute atomic E-state index is 11.8. The summed E-state index contributed by atoms with van der Waals surface area (Å²) in [6.45, 7) is 0. The Morgan fingerprint density at radius 3 is 2.58 bits per heavy atom. The summed E-state index contributed by atoms with van der Waals surface area (Å²) >= 11 is 0. The molecule has 0 fully saturated rings. The van der Waals surface area contributed by atoms with E-state index in [-0.39, 0.29) is 11.4 Å². The number of anilines is 1. The number of nitrogens with one attached hydrogen (secondary N) is 2. The molecule has 0 bridgehead atoms. The van der Waals surface area contributed by atoms with E-state index < -0.39 is 23.3 Å². The summed E-state index contributed by atoms with van der Waals surface area (Å²) in [5, 5.41) is 0. The van der Waals surface area contributed by atoms with Crippen LogP contribution >= 0.6 is 0 Å². The Kier molecular flexibility index (Phi) is 2.28. The predicted molar refractivity (Wildman–Crippen MR) is 65.8 cm³/mol. The molecular weight excluding hydrogens is 250 g/mol. The molecule has 1 aromatic heterocycles. The predicted octanol–water partition coefficient (Wildman–Crippen LogP) is -0.0948. The topological polar surface area (TPSA) is 118 Å². The van der Waals surface area contributed by atoms with Gasteiger partial charge in [0.05, 0.1) is 5.56 Å². The fourth-order valence-electron chi connectivity index (χ4n) is 2.13. The molecule has 0 amide bonds. The number of hydrogen-bond donors (Lipinski definition) is 3. The minimum atomic E-state index is -0.899. The van der Waals surface area contributed by atoms with Crippen LogP contribution in [0.3, 0.4) is 0 Å². The summed E-state index contributed by atoms with van der Waals surface area (Å²) in [6, 6.07) is 6.70. The number of rotatable bonds is 1. The third-order valence-electron chi connectivity index (χ3n) is 2.96. The van der Waals surface area contributed by atoms with Crippen LogP contribution in [-0.4, -0.2) is 15.9 Å². The van der Waals surface area contributed by atoms with Gasteiger partial charge in [-0.15, -0.1) is 0 Å². The summed E-state index contributed by atoms with van der Waals surface area (Å²) < 4.78 is 5.16. The zero-order valence-electron chi connectivity index (χ0n) is 9.60. The van der Waals surface area contributed by atoms with E-state index in [0.717, 1.165) is 0 Å². The number of H-pyrrole nitrogens is 2. The summed E-state index contributed by atoms with van der Waals surface area (Å²) in [5.41, 5.74) is 5.23. The van der Waals surface area contributed by atoms with Crippen LogP contribution in [0, 0.1) is 0 Å². The number of cyclic esters (lactones) is 1. The Balaban J connectivity index is 2.24. The van der Waals surface area contributed by atoms with E-state index in [0.29, 0.717) is 11.1 Å². The first-order valence-electron chi connectivity index (χ1n) is 5.50. The largest absolute Gasteiger partial charge is 0.449 e. The van der Waals surface area contributed by atoms with Crippen molar-refractivity contribution >= 4 is 11.8 Å². The molecule has 2 heterocycles. The van der Waals surface area contributed by atoms with E-state index in [1.807, 2.05) is 0 Å². The highest BCUT2D eigenvalue weighted by molar-refractivity contribution is 5.94. The summed E-state index contributed by atoms with van der Waals surface area (Å²) in [7, 11) is 0. The van der Waals surface area contributed by atoms with Crippen LogP contribution in [0.25, 0.3) is 0 Å². The minimum absolute atomic E-state index is 0.0258. The molecule has 0 aliphatic carbocycles. The van der Waals surface area contributed by atoms with Gasteiger partial charge in [-0.25, -0.2) is 9.59 Å². The third kappa shape index (κ3) is 1.63. The maximum atomic E-state index is 11.8. The number of carbonyl (C=O) groups excluding carboxylic acids is 1. The average molecular weight is 259 g/mol. The van der Waals surface area contributed by atoms with Crippen molar-refractivity contribution in [1.29, 1.82) is 0 Å². The fourth-order valence-corrected chi connectivity index (χ4v) is 2.13. The van der Waals surface area contributed by atoms with Crippen molar-refractivity contribution in [2.75, 3.05) is 5.73 Å². The van der Waals surface area contributed by atoms with Crippen molar-refractivity contribution in [3.05, 3.63) is 61.8 Å². The van der Waals surface area contributed by atoms with Gasteiger partial charge in [0, 0.05) is 5.56 Å². The van der Waals surface area contributed by atoms with Crippen molar-refractivity contribution in [3.63, 3.8) is 0 Å². The van der Waals surface area contributed by atoms with Gasteiger partial charge in [-0.05, 0) is 6.07 Å². The molecule has 1 aliphatic heterocycles. The van der Waals surface area contributed by atoms with Crippen molar-refractivity contribution in [2.45, 2.75) is 6.10 Å². The lowest BCUT2D eigenvalue weighted by molar-refractivity contribution is 0.0454. The Bertz CT molecular complexity index is 790. The minimum Gasteiger partial charge on any atom is -0.449 e. The molecule has 19 heavy (non-hydrogen) atoms. The highest BCUT2D eigenvalue weighted by Crippen LogP contribution is 2.35. The highest BCUT2D eigenvalue weighted by Gasteiger charge is 2.35. The number of aromatic nitrogens is 2. The lowest BCUT2D eigenvalue weighted by Gasteiger charge is -2.11. The second kappa shape index (κ2) is 3.84. The standard InChI is InChI=1S/C12H9N3O4/c13-9-7(10(16)15-12(18)14-9)8-5-3-1-2-4-6(5)11(17)19-8/h1-4,8H,(H4,13,14,15,16,18)/t8-/m0/s1. The number of esters is 1. The van der Waals surface area contributed by atoms with Crippen molar-refractivity contribution in [3.8, 4) is 0 Å². The monoisotopic (exact) mass is 259 g/mol. The van der Waals surface area contributed by atoms with Gasteiger partial charge in [0.1, 0.15) is 11.4 Å². The van der Waals surface area contributed by atoms with Crippen molar-refractivity contribution in [2.24, 2.45) is 0 Å². The molecule has 4 N–H and O–H groups in total. The van der Waals surface area contributed by atoms with E-state index in [1.54, 1.807) is 24.3 Å². The number of fused-ring (bicyclic) bond motifs is 1. The molecule has 96 valence electrons. The molecule has 0 radical (unpaired) electrons. The number of hydrogen-bond acceptors (Lipinski definition) is 5. The molecule has 3 rings (SSSR count). The number of aromatic amines is 2. The second-order valence-corrected chi connectivity index (χ2v) is 4.11. The molecule has 7 nitrogen and oxygen atoms in total. The molecule has 2 aromatic rings. The number of nitrogens with two attached hydrogens (primary N) is 1. The molecule has 0 saturated carbocycles. The van der Waals surface area contributed by atoms with Crippen LogP contribution < -0.4 is 17.0 Å². The molecule has 0 spiro atoms. The lowest BCUT2D eigenvalue weighted by Crippen LogP contribution is -2.29. The molecule has 0 saturated heterocycles. The summed E-state index contributed by atoms with van der Waals surface area (Å²) in [4.78, 5) is 38.9. The molecule has 1 aromatic carbocycles. The van der Waals surface area contributed by atoms with Gasteiger partial charge in [0.25, 0.3) is 5.56 Å². The third-order valence-corrected chi connectivity index (χ3v) is 2.96. The van der Waals surface area contributed by atoms with E-state index in [9.17, 15) is 14.4 Å².